The van der Waals surface area contributed by atoms with E-state index in [0.717, 1.165) is 12.0 Å². The first-order chi connectivity index (χ1) is 14.9. The van der Waals surface area contributed by atoms with Gasteiger partial charge in [0.05, 0.1) is 20.3 Å². The fraction of sp³-hybridized carbons (Fsp3) is 0.409. The second kappa shape index (κ2) is 10.1. The first kappa shape index (κ1) is 23.1. The molecule has 1 atom stereocenters. The summed E-state index contributed by atoms with van der Waals surface area (Å²) < 4.78 is 43.9. The summed E-state index contributed by atoms with van der Waals surface area (Å²) in [5.41, 5.74) is 1.35. The lowest BCUT2D eigenvalue weighted by molar-refractivity contribution is -0.122. The lowest BCUT2D eigenvalue weighted by Gasteiger charge is -2.27. The maximum absolute atomic E-state index is 13.1. The average molecular weight is 449 g/mol. The van der Waals surface area contributed by atoms with E-state index in [9.17, 15) is 13.2 Å². The molecule has 1 amide bonds. The van der Waals surface area contributed by atoms with Crippen molar-refractivity contribution < 1.29 is 27.4 Å². The molecule has 0 saturated carbocycles. The normalized spacial score (nSPS) is 15.8. The summed E-state index contributed by atoms with van der Waals surface area (Å²) in [4.78, 5) is 12.7. The van der Waals surface area contributed by atoms with Crippen molar-refractivity contribution in [2.24, 2.45) is 0 Å². The molecule has 1 N–H and O–H groups in total. The van der Waals surface area contributed by atoms with Gasteiger partial charge in [-0.2, -0.15) is 4.31 Å². The van der Waals surface area contributed by atoms with Crippen LogP contribution in [0.15, 0.2) is 47.4 Å². The number of para-hydroxylation sites is 1. The monoisotopic (exact) mass is 448 g/mol. The molecular weight excluding hydrogens is 420 g/mol. The quantitative estimate of drug-likeness (QED) is 0.667. The van der Waals surface area contributed by atoms with E-state index < -0.39 is 16.1 Å². The SMILES string of the molecule is CCc1ccccc1O[C@H](C)C(=O)Nc1ccc(OC)c(S(=O)(=O)N2CCOCC2)c1. The fourth-order valence-electron chi connectivity index (χ4n) is 3.28. The number of hydrogen-bond acceptors (Lipinski definition) is 6. The van der Waals surface area contributed by atoms with Gasteiger partial charge in [-0.15, -0.1) is 0 Å². The van der Waals surface area contributed by atoms with E-state index >= 15 is 0 Å². The van der Waals surface area contributed by atoms with Crippen molar-refractivity contribution in [2.75, 3.05) is 38.7 Å². The number of morpholine rings is 1. The van der Waals surface area contributed by atoms with Crippen molar-refractivity contribution in [1.82, 2.24) is 4.31 Å². The summed E-state index contributed by atoms with van der Waals surface area (Å²) in [5, 5.41) is 2.74. The summed E-state index contributed by atoms with van der Waals surface area (Å²) in [6.45, 7) is 4.88. The maximum Gasteiger partial charge on any atom is 0.265 e. The molecule has 168 valence electrons. The van der Waals surface area contributed by atoms with E-state index in [4.69, 9.17) is 14.2 Å². The minimum Gasteiger partial charge on any atom is -0.495 e. The van der Waals surface area contributed by atoms with Gasteiger partial charge >= 0.3 is 0 Å². The number of ether oxygens (including phenoxy) is 3. The van der Waals surface area contributed by atoms with E-state index in [1.165, 1.54) is 23.5 Å². The Hall–Kier alpha value is -2.62. The van der Waals surface area contributed by atoms with Crippen molar-refractivity contribution in [3.05, 3.63) is 48.0 Å². The smallest absolute Gasteiger partial charge is 0.265 e. The molecule has 0 aliphatic carbocycles. The van der Waals surface area contributed by atoms with Crippen LogP contribution in [0.4, 0.5) is 5.69 Å². The molecule has 8 nitrogen and oxygen atoms in total. The van der Waals surface area contributed by atoms with E-state index in [2.05, 4.69) is 5.32 Å². The lowest BCUT2D eigenvalue weighted by atomic mass is 10.1. The van der Waals surface area contributed by atoms with Gasteiger partial charge in [0.15, 0.2) is 6.10 Å². The molecule has 2 aromatic rings. The van der Waals surface area contributed by atoms with Crippen molar-refractivity contribution in [2.45, 2.75) is 31.3 Å². The zero-order chi connectivity index (χ0) is 22.4. The Labute approximate surface area is 183 Å². The van der Waals surface area contributed by atoms with Crippen LogP contribution in [-0.4, -0.2) is 58.1 Å². The summed E-state index contributed by atoms with van der Waals surface area (Å²) in [7, 11) is -2.39. The largest absolute Gasteiger partial charge is 0.495 e. The number of methoxy groups -OCH3 is 1. The Morgan fingerprint density at radius 3 is 2.55 bits per heavy atom. The summed E-state index contributed by atoms with van der Waals surface area (Å²) in [6, 6.07) is 12.1. The molecule has 0 unspecified atom stereocenters. The zero-order valence-electron chi connectivity index (χ0n) is 18.0. The van der Waals surface area contributed by atoms with Gasteiger partial charge in [-0.25, -0.2) is 8.42 Å². The molecule has 31 heavy (non-hydrogen) atoms. The van der Waals surface area contributed by atoms with Crippen LogP contribution < -0.4 is 14.8 Å². The van der Waals surface area contributed by atoms with Crippen LogP contribution in [0.2, 0.25) is 0 Å². The third kappa shape index (κ3) is 5.36. The number of benzene rings is 2. The number of nitrogens with one attached hydrogen (secondary N) is 1. The van der Waals surface area contributed by atoms with Crippen LogP contribution in [0.25, 0.3) is 0 Å². The highest BCUT2D eigenvalue weighted by Crippen LogP contribution is 2.30. The summed E-state index contributed by atoms with van der Waals surface area (Å²) >= 11 is 0. The molecule has 1 aliphatic heterocycles. The van der Waals surface area contributed by atoms with Gasteiger partial charge in [-0.3, -0.25) is 4.79 Å². The number of carbonyl (C=O) groups is 1. The Bertz CT molecular complexity index is 1020. The highest BCUT2D eigenvalue weighted by atomic mass is 32.2. The third-order valence-electron chi connectivity index (χ3n) is 5.05. The van der Waals surface area contributed by atoms with Gasteiger partial charge in [0.25, 0.3) is 5.91 Å². The molecule has 0 bridgehead atoms. The topological polar surface area (TPSA) is 94.2 Å². The third-order valence-corrected chi connectivity index (χ3v) is 6.97. The van der Waals surface area contributed by atoms with E-state index in [0.29, 0.717) is 24.7 Å². The van der Waals surface area contributed by atoms with E-state index in [1.54, 1.807) is 13.0 Å². The maximum atomic E-state index is 13.1. The molecule has 0 spiro atoms. The first-order valence-electron chi connectivity index (χ1n) is 10.2. The van der Waals surface area contributed by atoms with Crippen molar-refractivity contribution >= 4 is 21.6 Å². The number of hydrogen-bond donors (Lipinski definition) is 1. The summed E-state index contributed by atoms with van der Waals surface area (Å²) in [6.07, 6.45) is 0.0141. The van der Waals surface area contributed by atoms with Gasteiger partial charge in [-0.05, 0) is 43.2 Å². The molecule has 3 rings (SSSR count). The van der Waals surface area contributed by atoms with Gasteiger partial charge in [0, 0.05) is 18.8 Å². The Morgan fingerprint density at radius 1 is 1.16 bits per heavy atom. The molecule has 2 aromatic carbocycles. The number of amides is 1. The molecular formula is C22H28N2O6S. The molecule has 1 heterocycles. The van der Waals surface area contributed by atoms with Gasteiger partial charge in [0.2, 0.25) is 10.0 Å². The predicted octanol–water partition coefficient (Wildman–Crippen LogP) is 2.68. The Balaban J connectivity index is 1.78. The van der Waals surface area contributed by atoms with Crippen LogP contribution in [-0.2, 0) is 26.0 Å². The minimum absolute atomic E-state index is 0.000370. The molecule has 1 fully saturated rings. The second-order valence-electron chi connectivity index (χ2n) is 7.09. The predicted molar refractivity (Wildman–Crippen MR) is 117 cm³/mol. The van der Waals surface area contributed by atoms with Crippen molar-refractivity contribution in [3.8, 4) is 11.5 Å². The highest BCUT2D eigenvalue weighted by molar-refractivity contribution is 7.89. The molecule has 0 aromatic heterocycles. The number of aryl methyl sites for hydroxylation is 1. The van der Waals surface area contributed by atoms with E-state index in [1.807, 2.05) is 31.2 Å². The fourth-order valence-corrected chi connectivity index (χ4v) is 4.87. The number of rotatable bonds is 8. The Kier molecular flexibility index (Phi) is 7.53. The number of nitrogens with zero attached hydrogens (tertiary/aromatic N) is 1. The zero-order valence-corrected chi connectivity index (χ0v) is 18.8. The molecule has 1 aliphatic rings. The van der Waals surface area contributed by atoms with Crippen molar-refractivity contribution in [3.63, 3.8) is 0 Å². The minimum atomic E-state index is -3.80. The molecule has 1 saturated heterocycles. The average Bonchev–Trinajstić information content (AvgIpc) is 2.79. The lowest BCUT2D eigenvalue weighted by Crippen LogP contribution is -2.40. The van der Waals surface area contributed by atoms with Crippen molar-refractivity contribution in [1.29, 1.82) is 0 Å². The summed E-state index contributed by atoms with van der Waals surface area (Å²) in [5.74, 6) is 0.481. The molecule has 9 heteroatoms. The second-order valence-corrected chi connectivity index (χ2v) is 9.00. The van der Waals surface area contributed by atoms with Gasteiger partial charge in [-0.1, -0.05) is 25.1 Å². The van der Waals surface area contributed by atoms with Crippen LogP contribution in [0, 0.1) is 0 Å². The van der Waals surface area contributed by atoms with Gasteiger partial charge < -0.3 is 19.5 Å². The van der Waals surface area contributed by atoms with E-state index in [-0.39, 0.29) is 29.6 Å². The van der Waals surface area contributed by atoms with Crippen LogP contribution in [0.3, 0.4) is 0 Å². The first-order valence-corrected chi connectivity index (χ1v) is 11.6. The van der Waals surface area contributed by atoms with Crippen LogP contribution >= 0.6 is 0 Å². The van der Waals surface area contributed by atoms with Crippen LogP contribution in [0.1, 0.15) is 19.4 Å². The van der Waals surface area contributed by atoms with Crippen LogP contribution in [0.5, 0.6) is 11.5 Å². The standard InChI is InChI=1S/C22H28N2O6S/c1-4-17-7-5-6-8-19(17)30-16(2)22(25)23-18-9-10-20(28-3)21(15-18)31(26,27)24-11-13-29-14-12-24/h5-10,15-16H,4,11-14H2,1-3H3,(H,23,25)/t16-/m1/s1. The Morgan fingerprint density at radius 2 is 1.87 bits per heavy atom. The van der Waals surface area contributed by atoms with Gasteiger partial charge in [0.1, 0.15) is 16.4 Å². The number of carbonyl (C=O) groups excluding carboxylic acids is 1. The highest BCUT2D eigenvalue weighted by Gasteiger charge is 2.30. The molecule has 0 radical (unpaired) electrons. The number of sulfonamides is 1. The number of anilines is 1.